The number of nitrogens with one attached hydrogen (secondary N) is 2. The first-order valence-corrected chi connectivity index (χ1v) is 7.31. The number of carbonyl (C=O) groups excluding carboxylic acids is 1. The van der Waals surface area contributed by atoms with Crippen molar-refractivity contribution in [3.05, 3.63) is 59.4 Å². The number of benzene rings is 2. The number of halogens is 1. The predicted octanol–water partition coefficient (Wildman–Crippen LogP) is 2.23. The van der Waals surface area contributed by atoms with Crippen LogP contribution in [0.5, 0.6) is 0 Å². The van der Waals surface area contributed by atoms with Crippen molar-refractivity contribution in [1.29, 1.82) is 5.41 Å². The number of fused-ring (bicyclic) bond motifs is 1. The van der Waals surface area contributed by atoms with Gasteiger partial charge in [0.2, 0.25) is 0 Å². The Balaban J connectivity index is 1.84. The van der Waals surface area contributed by atoms with Gasteiger partial charge in [-0.2, -0.15) is 0 Å². The fraction of sp³-hybridized carbons (Fsp3) is 0.176. The zero-order valence-corrected chi connectivity index (χ0v) is 12.5. The largest absolute Gasteiger partial charge is 0.398 e. The van der Waals surface area contributed by atoms with Crippen molar-refractivity contribution in [1.82, 2.24) is 4.90 Å². The summed E-state index contributed by atoms with van der Waals surface area (Å²) in [7, 11) is 0. The molecule has 0 unspecified atom stereocenters. The smallest absolute Gasteiger partial charge is 0.272 e. The van der Waals surface area contributed by atoms with Gasteiger partial charge in [-0.1, -0.05) is 18.2 Å². The van der Waals surface area contributed by atoms with Crippen molar-refractivity contribution in [2.24, 2.45) is 0 Å². The van der Waals surface area contributed by atoms with Gasteiger partial charge in [0.1, 0.15) is 11.5 Å². The lowest BCUT2D eigenvalue weighted by Crippen LogP contribution is -2.38. The van der Waals surface area contributed by atoms with Crippen LogP contribution in [0.2, 0.25) is 0 Å². The molecule has 4 N–H and O–H groups in total. The van der Waals surface area contributed by atoms with E-state index in [0.29, 0.717) is 19.6 Å². The molecule has 1 amide bonds. The Kier molecular flexibility index (Phi) is 3.97. The first-order valence-electron chi connectivity index (χ1n) is 7.31. The number of hydrogen-bond acceptors (Lipinski definition) is 4. The van der Waals surface area contributed by atoms with E-state index < -0.39 is 11.7 Å². The molecule has 0 bridgehead atoms. The Morgan fingerprint density at radius 1 is 1.26 bits per heavy atom. The number of nitrogen functional groups attached to an aromatic ring is 1. The van der Waals surface area contributed by atoms with Crippen molar-refractivity contribution in [2.75, 3.05) is 24.1 Å². The van der Waals surface area contributed by atoms with Gasteiger partial charge in [-0.05, 0) is 29.8 Å². The van der Waals surface area contributed by atoms with E-state index in [1.807, 2.05) is 24.3 Å². The monoisotopic (exact) mass is 312 g/mol. The van der Waals surface area contributed by atoms with Crippen LogP contribution in [0.3, 0.4) is 0 Å². The Morgan fingerprint density at radius 2 is 2.04 bits per heavy atom. The van der Waals surface area contributed by atoms with E-state index >= 15 is 0 Å². The van der Waals surface area contributed by atoms with Gasteiger partial charge in [-0.3, -0.25) is 10.2 Å². The van der Waals surface area contributed by atoms with E-state index in [9.17, 15) is 9.18 Å². The highest BCUT2D eigenvalue weighted by Gasteiger charge is 2.24. The maximum absolute atomic E-state index is 13.1. The molecule has 0 spiro atoms. The fourth-order valence-corrected chi connectivity index (χ4v) is 2.65. The zero-order chi connectivity index (χ0) is 16.4. The molecular formula is C17H17FN4O. The van der Waals surface area contributed by atoms with Crippen molar-refractivity contribution in [2.45, 2.75) is 6.54 Å². The van der Waals surface area contributed by atoms with Gasteiger partial charge in [-0.25, -0.2) is 4.39 Å². The van der Waals surface area contributed by atoms with Gasteiger partial charge in [0.15, 0.2) is 0 Å². The number of nitrogens with two attached hydrogens (primary N) is 1. The molecule has 0 atom stereocenters. The molecule has 23 heavy (non-hydrogen) atoms. The van der Waals surface area contributed by atoms with Gasteiger partial charge < -0.3 is 16.0 Å². The van der Waals surface area contributed by atoms with E-state index in [2.05, 4.69) is 5.32 Å². The minimum absolute atomic E-state index is 0.0942. The van der Waals surface area contributed by atoms with E-state index in [0.717, 1.165) is 17.3 Å². The fourth-order valence-electron chi connectivity index (χ4n) is 2.65. The van der Waals surface area contributed by atoms with Crippen LogP contribution in [-0.2, 0) is 11.3 Å². The van der Waals surface area contributed by atoms with Crippen LogP contribution in [0.25, 0.3) is 0 Å². The molecule has 0 aliphatic carbocycles. The molecule has 0 saturated heterocycles. The normalized spacial score (nSPS) is 13.7. The number of anilines is 2. The molecule has 5 nitrogen and oxygen atoms in total. The van der Waals surface area contributed by atoms with Crippen LogP contribution in [0.15, 0.2) is 42.5 Å². The highest BCUT2D eigenvalue weighted by molar-refractivity contribution is 6.45. The molecular weight excluding hydrogens is 295 g/mol. The number of hydrogen-bond donors (Lipinski definition) is 3. The van der Waals surface area contributed by atoms with E-state index in [1.165, 1.54) is 12.1 Å². The van der Waals surface area contributed by atoms with Crippen molar-refractivity contribution < 1.29 is 9.18 Å². The lowest BCUT2D eigenvalue weighted by Gasteiger charge is -2.21. The quantitative estimate of drug-likeness (QED) is 0.587. The Labute approximate surface area is 133 Å². The van der Waals surface area contributed by atoms with E-state index in [-0.39, 0.29) is 17.0 Å². The third-order valence-electron chi connectivity index (χ3n) is 3.86. The number of rotatable bonds is 2. The lowest BCUT2D eigenvalue weighted by molar-refractivity contribution is -0.124. The van der Waals surface area contributed by atoms with Crippen LogP contribution >= 0.6 is 0 Å². The van der Waals surface area contributed by atoms with Gasteiger partial charge in [0.25, 0.3) is 5.91 Å². The second-order valence-corrected chi connectivity index (χ2v) is 5.42. The second-order valence-electron chi connectivity index (χ2n) is 5.42. The van der Waals surface area contributed by atoms with Crippen LogP contribution in [-0.4, -0.2) is 29.6 Å². The third-order valence-corrected chi connectivity index (χ3v) is 3.86. The standard InChI is InChI=1S/C17H17FN4O/c18-12-5-6-13(14(19)9-12)16(20)17(23)22-8-7-21-15-4-2-1-3-11(15)10-22/h1-6,9,20-21H,7-8,10,19H2. The Bertz CT molecular complexity index is 775. The topological polar surface area (TPSA) is 82.2 Å². The summed E-state index contributed by atoms with van der Waals surface area (Å²) < 4.78 is 13.1. The van der Waals surface area contributed by atoms with Crippen LogP contribution in [0.4, 0.5) is 15.8 Å². The molecule has 0 radical (unpaired) electrons. The Hall–Kier alpha value is -2.89. The summed E-state index contributed by atoms with van der Waals surface area (Å²) in [6.45, 7) is 1.51. The average molecular weight is 312 g/mol. The van der Waals surface area contributed by atoms with Crippen molar-refractivity contribution in [3.8, 4) is 0 Å². The molecule has 0 aromatic heterocycles. The molecule has 118 valence electrons. The molecule has 0 saturated carbocycles. The maximum Gasteiger partial charge on any atom is 0.272 e. The summed E-state index contributed by atoms with van der Waals surface area (Å²) in [5.74, 6) is -0.902. The summed E-state index contributed by atoms with van der Waals surface area (Å²) in [4.78, 5) is 14.2. The average Bonchev–Trinajstić information content (AvgIpc) is 2.76. The first-order chi connectivity index (χ1) is 11.1. The SMILES string of the molecule is N=C(C(=O)N1CCNc2ccccc2C1)c1ccc(F)cc1N. The first kappa shape index (κ1) is 15.0. The molecule has 1 aliphatic rings. The lowest BCUT2D eigenvalue weighted by atomic mass is 10.1. The summed E-state index contributed by atoms with van der Waals surface area (Å²) in [6, 6.07) is 11.5. The summed E-state index contributed by atoms with van der Waals surface area (Å²) in [6.07, 6.45) is 0. The molecule has 2 aromatic rings. The van der Waals surface area contributed by atoms with Gasteiger partial charge in [0, 0.05) is 36.6 Å². The molecule has 1 aliphatic heterocycles. The number of amides is 1. The second kappa shape index (κ2) is 6.08. The molecule has 2 aromatic carbocycles. The highest BCUT2D eigenvalue weighted by atomic mass is 19.1. The summed E-state index contributed by atoms with van der Waals surface area (Å²) in [5.41, 5.74) is 7.85. The highest BCUT2D eigenvalue weighted by Crippen LogP contribution is 2.21. The number of para-hydroxylation sites is 1. The van der Waals surface area contributed by atoms with E-state index in [1.54, 1.807) is 4.90 Å². The van der Waals surface area contributed by atoms with Gasteiger partial charge in [0.05, 0.1) is 0 Å². The third kappa shape index (κ3) is 3.01. The predicted molar refractivity (Wildman–Crippen MR) is 88.0 cm³/mol. The van der Waals surface area contributed by atoms with Crippen LogP contribution < -0.4 is 11.1 Å². The summed E-state index contributed by atoms with van der Waals surface area (Å²) in [5, 5.41) is 11.4. The van der Waals surface area contributed by atoms with Gasteiger partial charge in [-0.15, -0.1) is 0 Å². The minimum atomic E-state index is -0.487. The van der Waals surface area contributed by atoms with Crippen LogP contribution in [0.1, 0.15) is 11.1 Å². The zero-order valence-electron chi connectivity index (χ0n) is 12.5. The summed E-state index contributed by atoms with van der Waals surface area (Å²) >= 11 is 0. The molecule has 6 heteroatoms. The molecule has 0 fully saturated rings. The molecule has 3 rings (SSSR count). The maximum atomic E-state index is 13.1. The van der Waals surface area contributed by atoms with E-state index in [4.69, 9.17) is 11.1 Å². The number of nitrogens with zero attached hydrogens (tertiary/aromatic N) is 1. The van der Waals surface area contributed by atoms with Crippen molar-refractivity contribution in [3.63, 3.8) is 0 Å². The minimum Gasteiger partial charge on any atom is -0.398 e. The number of carbonyl (C=O) groups is 1. The molecule has 1 heterocycles. The Morgan fingerprint density at radius 3 is 2.83 bits per heavy atom. The van der Waals surface area contributed by atoms with Crippen LogP contribution in [0, 0.1) is 11.2 Å². The van der Waals surface area contributed by atoms with Gasteiger partial charge >= 0.3 is 0 Å². The van der Waals surface area contributed by atoms with Crippen molar-refractivity contribution >= 4 is 23.0 Å².